The number of hydrogen-bond donors (Lipinski definition) is 0. The monoisotopic (exact) mass is 417 g/mol. The number of ether oxygens (including phenoxy) is 2. The van der Waals surface area contributed by atoms with E-state index < -0.39 is 22.1 Å². The Morgan fingerprint density at radius 1 is 1.07 bits per heavy atom. The predicted octanol–water partition coefficient (Wildman–Crippen LogP) is 2.84. The summed E-state index contributed by atoms with van der Waals surface area (Å²) in [7, 11) is -1.84. The number of carbonyl (C=O) groups is 2. The van der Waals surface area contributed by atoms with Gasteiger partial charge in [0.2, 0.25) is 15.8 Å². The van der Waals surface area contributed by atoms with Gasteiger partial charge in [-0.15, -0.1) is 0 Å². The van der Waals surface area contributed by atoms with Gasteiger partial charge in [0.15, 0.2) is 6.10 Å². The number of rotatable bonds is 6. The molecule has 2 aromatic carbocycles. The van der Waals surface area contributed by atoms with Crippen molar-refractivity contribution in [1.29, 1.82) is 0 Å². The summed E-state index contributed by atoms with van der Waals surface area (Å²) in [5, 5.41) is 0. The summed E-state index contributed by atoms with van der Waals surface area (Å²) >= 11 is 0. The molecular formula is C21H23NO6S. The first-order valence-electron chi connectivity index (χ1n) is 9.20. The third-order valence-electron chi connectivity index (χ3n) is 4.82. The first-order chi connectivity index (χ1) is 13.7. The molecule has 0 amide bonds. The summed E-state index contributed by atoms with van der Waals surface area (Å²) in [6, 6.07) is 11.3. The van der Waals surface area contributed by atoms with Gasteiger partial charge >= 0.3 is 5.97 Å². The van der Waals surface area contributed by atoms with Crippen LogP contribution in [0.4, 0.5) is 5.69 Å². The van der Waals surface area contributed by atoms with Crippen LogP contribution < -0.4 is 9.04 Å². The van der Waals surface area contributed by atoms with E-state index in [1.54, 1.807) is 36.4 Å². The number of ketones is 1. The lowest BCUT2D eigenvalue weighted by Gasteiger charge is -2.29. The maximum absolute atomic E-state index is 12.5. The van der Waals surface area contributed by atoms with Crippen LogP contribution in [0.2, 0.25) is 0 Å². The van der Waals surface area contributed by atoms with E-state index >= 15 is 0 Å². The topological polar surface area (TPSA) is 90.0 Å². The Morgan fingerprint density at radius 3 is 2.34 bits per heavy atom. The minimum Gasteiger partial charge on any atom is -0.497 e. The van der Waals surface area contributed by atoms with E-state index in [4.69, 9.17) is 9.47 Å². The van der Waals surface area contributed by atoms with Gasteiger partial charge < -0.3 is 9.47 Å². The SMILES string of the molecule is COc1ccc(C(=O)[C@@H](C)OC(=O)c2ccc3c(c2)CCCN3S(C)(=O)=O)cc1. The van der Waals surface area contributed by atoms with Gasteiger partial charge in [-0.3, -0.25) is 9.10 Å². The highest BCUT2D eigenvalue weighted by Gasteiger charge is 2.26. The Labute approximate surface area is 170 Å². The molecule has 29 heavy (non-hydrogen) atoms. The van der Waals surface area contributed by atoms with Crippen molar-refractivity contribution in [2.24, 2.45) is 0 Å². The largest absolute Gasteiger partial charge is 0.497 e. The Hall–Kier alpha value is -2.87. The van der Waals surface area contributed by atoms with Gasteiger partial charge in [-0.2, -0.15) is 0 Å². The van der Waals surface area contributed by atoms with Gasteiger partial charge in [-0.05, 0) is 67.8 Å². The average Bonchev–Trinajstić information content (AvgIpc) is 2.71. The van der Waals surface area contributed by atoms with E-state index in [2.05, 4.69) is 0 Å². The van der Waals surface area contributed by atoms with Crippen molar-refractivity contribution < 1.29 is 27.5 Å². The van der Waals surface area contributed by atoms with Crippen LogP contribution in [0.5, 0.6) is 5.75 Å². The van der Waals surface area contributed by atoms with Crippen LogP contribution in [0, 0.1) is 0 Å². The summed E-state index contributed by atoms with van der Waals surface area (Å²) in [4.78, 5) is 25.0. The molecule has 0 unspecified atom stereocenters. The van der Waals surface area contributed by atoms with Crippen molar-refractivity contribution in [2.75, 3.05) is 24.2 Å². The molecule has 0 saturated heterocycles. The average molecular weight is 417 g/mol. The first kappa shape index (κ1) is 20.9. The van der Waals surface area contributed by atoms with Crippen LogP contribution >= 0.6 is 0 Å². The molecule has 0 fully saturated rings. The summed E-state index contributed by atoms with van der Waals surface area (Å²) in [5.74, 6) is -0.316. The van der Waals surface area contributed by atoms with E-state index in [0.717, 1.165) is 11.8 Å². The number of benzene rings is 2. The number of esters is 1. The molecule has 0 bridgehead atoms. The standard InChI is InChI=1S/C21H23NO6S/c1-14(20(23)15-6-9-18(27-2)10-7-15)28-21(24)17-8-11-19-16(13-17)5-4-12-22(19)29(3,25)26/h6-11,13-14H,4-5,12H2,1-3H3/t14-/m1/s1. The van der Waals surface area contributed by atoms with Crippen molar-refractivity contribution in [3.05, 3.63) is 59.2 Å². The molecule has 0 saturated carbocycles. The summed E-state index contributed by atoms with van der Waals surface area (Å²) < 4.78 is 35.7. The molecule has 154 valence electrons. The maximum Gasteiger partial charge on any atom is 0.338 e. The summed E-state index contributed by atoms with van der Waals surface area (Å²) in [6.45, 7) is 1.94. The van der Waals surface area contributed by atoms with Crippen molar-refractivity contribution in [3.63, 3.8) is 0 Å². The van der Waals surface area contributed by atoms with Gasteiger partial charge in [-0.25, -0.2) is 13.2 Å². The molecule has 1 aliphatic rings. The quantitative estimate of drug-likeness (QED) is 0.530. The van der Waals surface area contributed by atoms with Crippen molar-refractivity contribution in [3.8, 4) is 5.75 Å². The van der Waals surface area contributed by atoms with E-state index in [1.807, 2.05) is 0 Å². The van der Waals surface area contributed by atoms with E-state index in [9.17, 15) is 18.0 Å². The highest BCUT2D eigenvalue weighted by Crippen LogP contribution is 2.30. The molecule has 7 nitrogen and oxygen atoms in total. The second-order valence-electron chi connectivity index (χ2n) is 6.92. The number of fused-ring (bicyclic) bond motifs is 1. The minimum absolute atomic E-state index is 0.286. The molecule has 1 atom stereocenters. The van der Waals surface area contributed by atoms with Crippen molar-refractivity contribution >= 4 is 27.5 Å². The van der Waals surface area contributed by atoms with Crippen LogP contribution in [0.1, 0.15) is 39.6 Å². The predicted molar refractivity (Wildman–Crippen MR) is 109 cm³/mol. The minimum atomic E-state index is -3.37. The molecule has 8 heteroatoms. The third kappa shape index (κ3) is 4.59. The zero-order valence-corrected chi connectivity index (χ0v) is 17.4. The fourth-order valence-electron chi connectivity index (χ4n) is 3.31. The van der Waals surface area contributed by atoms with Crippen molar-refractivity contribution in [1.82, 2.24) is 0 Å². The van der Waals surface area contributed by atoms with Crippen molar-refractivity contribution in [2.45, 2.75) is 25.9 Å². The number of carbonyl (C=O) groups excluding carboxylic acids is 2. The zero-order chi connectivity index (χ0) is 21.2. The number of aryl methyl sites for hydroxylation is 1. The molecular weight excluding hydrogens is 394 g/mol. The van der Waals surface area contributed by atoms with Gasteiger partial charge in [0, 0.05) is 12.1 Å². The van der Waals surface area contributed by atoms with Gasteiger partial charge in [-0.1, -0.05) is 0 Å². The number of anilines is 1. The Bertz CT molecular complexity index is 1030. The molecule has 0 aliphatic carbocycles. The Morgan fingerprint density at radius 2 is 1.72 bits per heavy atom. The zero-order valence-electron chi connectivity index (χ0n) is 16.5. The number of nitrogens with zero attached hydrogens (tertiary/aromatic N) is 1. The fraction of sp³-hybridized carbons (Fsp3) is 0.333. The third-order valence-corrected chi connectivity index (χ3v) is 6.00. The van der Waals surface area contributed by atoms with Crippen LogP contribution in [-0.2, 0) is 21.2 Å². The number of hydrogen-bond acceptors (Lipinski definition) is 6. The van der Waals surface area contributed by atoms with Crippen LogP contribution in [0.15, 0.2) is 42.5 Å². The van der Waals surface area contributed by atoms with Crippen LogP contribution in [0.3, 0.4) is 0 Å². The second kappa shape index (κ2) is 8.24. The summed E-state index contributed by atoms with van der Waals surface area (Å²) in [6.07, 6.45) is 1.55. The highest BCUT2D eigenvalue weighted by atomic mass is 32.2. The lowest BCUT2D eigenvalue weighted by Crippen LogP contribution is -2.34. The molecule has 0 aromatic heterocycles. The molecule has 2 aromatic rings. The van der Waals surface area contributed by atoms with Crippen LogP contribution in [0.25, 0.3) is 0 Å². The normalized spacial score (nSPS) is 14.7. The molecule has 0 N–H and O–H groups in total. The molecule has 1 heterocycles. The first-order valence-corrected chi connectivity index (χ1v) is 11.1. The van der Waals surface area contributed by atoms with Gasteiger partial charge in [0.1, 0.15) is 5.75 Å². The van der Waals surface area contributed by atoms with Gasteiger partial charge in [0.05, 0.1) is 24.6 Å². The van der Waals surface area contributed by atoms with Gasteiger partial charge in [0.25, 0.3) is 0 Å². The molecule has 0 radical (unpaired) electrons. The smallest absolute Gasteiger partial charge is 0.338 e. The molecule has 0 spiro atoms. The number of methoxy groups -OCH3 is 1. The maximum atomic E-state index is 12.5. The Balaban J connectivity index is 1.74. The second-order valence-corrected chi connectivity index (χ2v) is 8.83. The van der Waals surface area contributed by atoms with E-state index in [-0.39, 0.29) is 11.3 Å². The Kier molecular flexibility index (Phi) is 5.93. The van der Waals surface area contributed by atoms with E-state index in [1.165, 1.54) is 24.4 Å². The molecule has 1 aliphatic heterocycles. The van der Waals surface area contributed by atoms with E-state index in [0.29, 0.717) is 36.4 Å². The number of Topliss-reactive ketones (excluding diaryl/α,β-unsaturated/α-hetero) is 1. The highest BCUT2D eigenvalue weighted by molar-refractivity contribution is 7.92. The lowest BCUT2D eigenvalue weighted by atomic mass is 10.0. The molecule has 3 rings (SSSR count). The summed E-state index contributed by atoms with van der Waals surface area (Å²) in [5.41, 5.74) is 2.05. The lowest BCUT2D eigenvalue weighted by molar-refractivity contribution is 0.0318. The fourth-order valence-corrected chi connectivity index (χ4v) is 4.30. The van der Waals surface area contributed by atoms with Crippen LogP contribution in [-0.4, -0.2) is 46.2 Å². The number of sulfonamides is 1.